The monoisotopic (exact) mass is 651 g/mol. The van der Waals surface area contributed by atoms with Crippen molar-refractivity contribution in [3.8, 4) is 0 Å². The van der Waals surface area contributed by atoms with E-state index < -0.39 is 22.8 Å². The second-order valence-electron chi connectivity index (χ2n) is 13.4. The molecule has 1 atom stereocenters. The molecule has 45 heavy (non-hydrogen) atoms. The summed E-state index contributed by atoms with van der Waals surface area (Å²) in [4.78, 5) is 20.5. The number of carboxylic acids is 1. The topological polar surface area (TPSA) is 132 Å². The van der Waals surface area contributed by atoms with Gasteiger partial charge in [0.05, 0.1) is 0 Å². The minimum Gasteiger partial charge on any atom is -0.476 e. The van der Waals surface area contributed by atoms with Gasteiger partial charge in [-0.2, -0.15) is 0 Å². The van der Waals surface area contributed by atoms with Crippen LogP contribution in [0.15, 0.2) is 57.2 Å². The van der Waals surface area contributed by atoms with Gasteiger partial charge in [-0.05, 0) is 134 Å². The number of thiol groups is 1. The highest BCUT2D eigenvalue weighted by molar-refractivity contribution is 7.82. The number of aromatic nitrogens is 1. The molecule has 2 aromatic carbocycles. The van der Waals surface area contributed by atoms with Gasteiger partial charge in [-0.25, -0.2) is 23.6 Å². The van der Waals surface area contributed by atoms with E-state index in [1.165, 1.54) is 30.0 Å². The fourth-order valence-electron chi connectivity index (χ4n) is 8.33. The molecule has 11 heteroatoms. The molecular weight excluding hydrogens is 615 g/mol. The number of nitrogens with zero attached hydrogens (tertiary/aromatic N) is 2. The van der Waals surface area contributed by atoms with Crippen molar-refractivity contribution in [1.82, 2.24) is 4.98 Å². The van der Waals surface area contributed by atoms with Gasteiger partial charge < -0.3 is 10.8 Å². The first kappa shape index (κ1) is 30.4. The number of hydrogen-bond donors (Lipinski definition) is 3. The third-order valence-corrected chi connectivity index (χ3v) is 11.9. The smallest absolute Gasteiger partial charge is 0.355 e. The largest absolute Gasteiger partial charge is 0.476 e. The maximum Gasteiger partial charge on any atom is 0.355 e. The Kier molecular flexibility index (Phi) is 8.20. The summed E-state index contributed by atoms with van der Waals surface area (Å²) < 4.78 is 42.4. The first-order chi connectivity index (χ1) is 21.6. The van der Waals surface area contributed by atoms with Crippen molar-refractivity contribution in [2.45, 2.75) is 68.6 Å². The van der Waals surface area contributed by atoms with Crippen LogP contribution in [0, 0.1) is 41.2 Å². The molecule has 0 aliphatic heterocycles. The van der Waals surface area contributed by atoms with Crippen LogP contribution in [0.3, 0.4) is 0 Å². The minimum absolute atomic E-state index is 0.0537. The first-order valence-corrected chi connectivity index (χ1v) is 17.9. The molecule has 1 aromatic heterocycles. The molecule has 8 rings (SSSR count). The Labute approximate surface area is 267 Å². The molecule has 4 bridgehead atoms. The van der Waals surface area contributed by atoms with Crippen LogP contribution in [0.4, 0.5) is 13.9 Å². The third-order valence-electron chi connectivity index (χ3n) is 10.3. The highest BCUT2D eigenvalue weighted by Crippen LogP contribution is 2.60. The SMILES string of the molecule is N/C(=C(Cc1ccc([SH+](N)=O)c(F)c1)\C(CC1CC1)=N\c1nc(C(=O)O)cs1)c1ccc(F)c(C2C3CC4CC(C3)CC2C4)c1. The van der Waals surface area contributed by atoms with Crippen LogP contribution in [0.25, 0.3) is 5.70 Å². The van der Waals surface area contributed by atoms with Crippen molar-refractivity contribution in [3.05, 3.63) is 81.4 Å². The zero-order valence-electron chi connectivity index (χ0n) is 24.8. The predicted molar refractivity (Wildman–Crippen MR) is 173 cm³/mol. The molecule has 0 spiro atoms. The summed E-state index contributed by atoms with van der Waals surface area (Å²) in [6.45, 7) is 0. The maximum atomic E-state index is 15.6. The predicted octanol–water partition coefficient (Wildman–Crippen LogP) is 7.07. The summed E-state index contributed by atoms with van der Waals surface area (Å²) in [6, 6.07) is 9.56. The van der Waals surface area contributed by atoms with E-state index in [2.05, 4.69) is 4.98 Å². The number of carboxylic acid groups (broad SMARTS) is 1. The van der Waals surface area contributed by atoms with Gasteiger partial charge in [-0.3, -0.25) is 0 Å². The van der Waals surface area contributed by atoms with Crippen molar-refractivity contribution < 1.29 is 22.9 Å². The van der Waals surface area contributed by atoms with E-state index >= 15 is 4.39 Å². The lowest BCUT2D eigenvalue weighted by Crippen LogP contribution is -2.44. The lowest BCUT2D eigenvalue weighted by molar-refractivity contribution is -0.00389. The van der Waals surface area contributed by atoms with Gasteiger partial charge in [0.25, 0.3) is 0 Å². The van der Waals surface area contributed by atoms with Crippen LogP contribution >= 0.6 is 11.3 Å². The fourth-order valence-corrected chi connectivity index (χ4v) is 9.51. The van der Waals surface area contributed by atoms with Crippen LogP contribution in [-0.4, -0.2) is 21.8 Å². The van der Waals surface area contributed by atoms with Crippen molar-refractivity contribution in [2.75, 3.05) is 0 Å². The third kappa shape index (κ3) is 6.26. The van der Waals surface area contributed by atoms with Crippen molar-refractivity contribution >= 4 is 44.8 Å². The van der Waals surface area contributed by atoms with Crippen LogP contribution in [0.2, 0.25) is 0 Å². The average molecular weight is 652 g/mol. The molecule has 5 fully saturated rings. The highest BCUT2D eigenvalue weighted by atomic mass is 32.2. The molecule has 7 nitrogen and oxygen atoms in total. The Morgan fingerprint density at radius 2 is 1.73 bits per heavy atom. The Morgan fingerprint density at radius 1 is 1.02 bits per heavy atom. The van der Waals surface area contributed by atoms with Gasteiger partial charge in [-0.1, -0.05) is 10.3 Å². The number of benzene rings is 2. The van der Waals surface area contributed by atoms with E-state index in [9.17, 15) is 18.5 Å². The van der Waals surface area contributed by atoms with Crippen LogP contribution in [0.5, 0.6) is 0 Å². The van der Waals surface area contributed by atoms with Crippen LogP contribution in [0.1, 0.15) is 84.5 Å². The molecule has 0 amide bonds. The zero-order chi connectivity index (χ0) is 31.4. The van der Waals surface area contributed by atoms with Gasteiger partial charge >= 0.3 is 5.97 Å². The quantitative estimate of drug-likeness (QED) is 0.123. The Balaban J connectivity index is 1.32. The maximum absolute atomic E-state index is 15.6. The van der Waals surface area contributed by atoms with E-state index in [0.717, 1.165) is 67.3 Å². The molecule has 1 unspecified atom stereocenters. The number of aliphatic imine (C=N–C) groups is 1. The van der Waals surface area contributed by atoms with Gasteiger partial charge in [0.15, 0.2) is 22.5 Å². The number of carbonyl (C=O) groups is 1. The van der Waals surface area contributed by atoms with E-state index in [1.54, 1.807) is 12.1 Å². The van der Waals surface area contributed by atoms with E-state index in [4.69, 9.17) is 15.9 Å². The summed E-state index contributed by atoms with van der Waals surface area (Å²) in [5.41, 5.74) is 10.6. The van der Waals surface area contributed by atoms with Gasteiger partial charge in [-0.15, -0.1) is 16.5 Å². The number of aromatic carboxylic acids is 1. The van der Waals surface area contributed by atoms with E-state index in [-0.39, 0.29) is 28.7 Å². The van der Waals surface area contributed by atoms with Crippen LogP contribution < -0.4 is 10.9 Å². The summed E-state index contributed by atoms with van der Waals surface area (Å²) in [7, 11) is -2.34. The Morgan fingerprint density at radius 3 is 2.33 bits per heavy atom. The average Bonchev–Trinajstić information content (AvgIpc) is 3.68. The summed E-state index contributed by atoms with van der Waals surface area (Å²) in [5, 5.41) is 16.6. The number of hydrogen-bond acceptors (Lipinski definition) is 6. The standard InChI is InChI=1S/C34H36F2N4O3S2/c35-26-5-4-21(15-24(26)31-22-8-19-7-20(10-22)11-23(31)9-19)32(37)25(12-18-3-6-30(45(38)43)27(36)13-18)28(14-17-1-2-17)39-34-40-29(16-44-34)33(41)42/h3-6,13,15-17,19-20,22-23,31H,1-2,7-12,14,37H2,(H2,38,43)(H,41,42)/p+1/b32-25-,39-28+. The van der Waals surface area contributed by atoms with Gasteiger partial charge in [0.1, 0.15) is 5.82 Å². The molecule has 5 saturated carbocycles. The lowest BCUT2D eigenvalue weighted by atomic mass is 9.50. The van der Waals surface area contributed by atoms with Crippen LogP contribution in [-0.2, 0) is 21.6 Å². The first-order valence-electron chi connectivity index (χ1n) is 15.7. The number of rotatable bonds is 10. The normalized spacial score (nSPS) is 27.0. The fraction of sp³-hybridized carbons (Fsp3) is 0.441. The Hall–Kier alpha value is -3.28. The minimum atomic E-state index is -2.34. The summed E-state index contributed by atoms with van der Waals surface area (Å²) >= 11 is 1.13. The van der Waals surface area contributed by atoms with E-state index in [0.29, 0.717) is 57.4 Å². The molecule has 1 heterocycles. The molecule has 5 aliphatic rings. The van der Waals surface area contributed by atoms with Crippen molar-refractivity contribution in [3.63, 3.8) is 0 Å². The summed E-state index contributed by atoms with van der Waals surface area (Å²) in [5.74, 6) is 1.10. The number of halogens is 2. The van der Waals surface area contributed by atoms with Gasteiger partial charge in [0, 0.05) is 28.8 Å². The highest BCUT2D eigenvalue weighted by Gasteiger charge is 2.49. The molecule has 5 aliphatic carbocycles. The molecular formula is C34H37F2N4O3S2+. The second kappa shape index (κ2) is 12.1. The zero-order valence-corrected chi connectivity index (χ0v) is 26.5. The second-order valence-corrected chi connectivity index (χ2v) is 15.4. The van der Waals surface area contributed by atoms with Crippen molar-refractivity contribution in [2.24, 2.45) is 45.5 Å². The number of thiazole rings is 1. The van der Waals surface area contributed by atoms with E-state index in [1.807, 2.05) is 6.07 Å². The molecule has 3 aromatic rings. The molecule has 0 saturated heterocycles. The number of allylic oxidation sites excluding steroid dienone is 1. The molecule has 236 valence electrons. The van der Waals surface area contributed by atoms with Crippen molar-refractivity contribution in [1.29, 1.82) is 0 Å². The Bertz CT molecular complexity index is 1720. The summed E-state index contributed by atoms with van der Waals surface area (Å²) in [6.07, 6.45) is 8.84. The molecule has 5 N–H and O–H groups in total. The number of nitrogens with two attached hydrogens (primary N) is 2. The molecule has 0 radical (unpaired) electrons. The lowest BCUT2D eigenvalue weighted by Gasteiger charge is -2.54. The van der Waals surface area contributed by atoms with Gasteiger partial charge in [0.2, 0.25) is 10.0 Å².